The molecule has 1 fully saturated rings. The molecule has 106 valence electrons. The van der Waals surface area contributed by atoms with E-state index in [-0.39, 0.29) is 18.9 Å². The molecule has 1 atom stereocenters. The third-order valence-electron chi connectivity index (χ3n) is 2.81. The number of nitro groups is 1. The van der Waals surface area contributed by atoms with Gasteiger partial charge in [-0.25, -0.2) is 4.39 Å². The second-order valence-corrected chi connectivity index (χ2v) is 4.19. The zero-order valence-corrected chi connectivity index (χ0v) is 9.98. The lowest BCUT2D eigenvalue weighted by molar-refractivity contribution is -0.387. The van der Waals surface area contributed by atoms with E-state index in [0.717, 1.165) is 0 Å². The van der Waals surface area contributed by atoms with Gasteiger partial charge < -0.3 is 10.6 Å². The van der Waals surface area contributed by atoms with Crippen LogP contribution >= 0.6 is 0 Å². The molecule has 20 heavy (non-hydrogen) atoms. The molecule has 1 unspecified atom stereocenters. The van der Waals surface area contributed by atoms with Crippen molar-refractivity contribution in [3.05, 3.63) is 39.4 Å². The van der Waals surface area contributed by atoms with Crippen molar-refractivity contribution in [1.29, 1.82) is 0 Å². The van der Waals surface area contributed by atoms with Gasteiger partial charge in [-0.05, 0) is 6.07 Å². The number of halogens is 2. The number of carbonyl (C=O) groups is 2. The Morgan fingerprint density at radius 1 is 1.45 bits per heavy atom. The molecule has 0 aliphatic carbocycles. The summed E-state index contributed by atoms with van der Waals surface area (Å²) < 4.78 is 27.2. The molecule has 1 aliphatic heterocycles. The number of nitrogens with one attached hydrogen (secondary N) is 2. The third-order valence-corrected chi connectivity index (χ3v) is 2.81. The van der Waals surface area contributed by atoms with Crippen molar-refractivity contribution in [2.75, 3.05) is 6.54 Å². The van der Waals surface area contributed by atoms with E-state index in [9.17, 15) is 28.5 Å². The summed E-state index contributed by atoms with van der Waals surface area (Å²) in [5.41, 5.74) is -2.02. The molecule has 0 saturated carbocycles. The number of benzene rings is 1. The van der Waals surface area contributed by atoms with Crippen molar-refractivity contribution in [3.8, 4) is 0 Å². The van der Waals surface area contributed by atoms with Gasteiger partial charge in [0.2, 0.25) is 11.7 Å². The van der Waals surface area contributed by atoms with E-state index in [1.165, 1.54) is 0 Å². The average Bonchev–Trinajstić information content (AvgIpc) is 2.74. The zero-order valence-electron chi connectivity index (χ0n) is 9.98. The van der Waals surface area contributed by atoms with Crippen LogP contribution in [0, 0.1) is 21.7 Å². The molecule has 2 N–H and O–H groups in total. The lowest BCUT2D eigenvalue weighted by Gasteiger charge is -2.11. The van der Waals surface area contributed by atoms with Gasteiger partial charge in [-0.2, -0.15) is 4.39 Å². The molecule has 0 aromatic heterocycles. The summed E-state index contributed by atoms with van der Waals surface area (Å²) in [5, 5.41) is 15.2. The van der Waals surface area contributed by atoms with E-state index < -0.39 is 39.8 Å². The van der Waals surface area contributed by atoms with Crippen molar-refractivity contribution in [2.45, 2.75) is 12.5 Å². The summed E-state index contributed by atoms with van der Waals surface area (Å²) in [6.45, 7) is 0.142. The molecule has 7 nitrogen and oxygen atoms in total. The Labute approximate surface area is 111 Å². The first-order chi connectivity index (χ1) is 9.40. The highest BCUT2D eigenvalue weighted by Gasteiger charge is 2.29. The Morgan fingerprint density at radius 2 is 2.15 bits per heavy atom. The summed E-state index contributed by atoms with van der Waals surface area (Å²) in [5.74, 6) is -4.17. The number of amides is 2. The normalized spacial score (nSPS) is 17.7. The standard InChI is InChI=1S/C11H9F2N3O4/c12-6-1-2-7(16(19)20)10(13)9(6)11(18)15-5-3-8(17)14-4-5/h1-2,5H,3-4H2,(H,14,17)(H,15,18). The van der Waals surface area contributed by atoms with Gasteiger partial charge in [0.25, 0.3) is 5.91 Å². The summed E-state index contributed by atoms with van der Waals surface area (Å²) >= 11 is 0. The van der Waals surface area contributed by atoms with Crippen LogP contribution in [0.25, 0.3) is 0 Å². The van der Waals surface area contributed by atoms with E-state index in [2.05, 4.69) is 10.6 Å². The highest BCUT2D eigenvalue weighted by molar-refractivity contribution is 5.96. The lowest BCUT2D eigenvalue weighted by Crippen LogP contribution is -2.37. The molecule has 1 aromatic rings. The number of hydrogen-bond donors (Lipinski definition) is 2. The number of carbonyl (C=O) groups excluding carboxylic acids is 2. The van der Waals surface area contributed by atoms with Crippen molar-refractivity contribution in [1.82, 2.24) is 10.6 Å². The maximum atomic E-state index is 13.8. The molecular formula is C11H9F2N3O4. The Kier molecular flexibility index (Phi) is 3.59. The fourth-order valence-electron chi connectivity index (χ4n) is 1.86. The Hall–Kier alpha value is -2.58. The van der Waals surface area contributed by atoms with Crippen molar-refractivity contribution in [2.24, 2.45) is 0 Å². The molecule has 1 aliphatic rings. The molecule has 9 heteroatoms. The summed E-state index contributed by atoms with van der Waals surface area (Å²) in [4.78, 5) is 32.2. The Morgan fingerprint density at radius 3 is 2.70 bits per heavy atom. The van der Waals surface area contributed by atoms with Crippen LogP contribution in [-0.2, 0) is 4.79 Å². The van der Waals surface area contributed by atoms with Crippen molar-refractivity contribution < 1.29 is 23.3 Å². The van der Waals surface area contributed by atoms with Gasteiger partial charge in [0.1, 0.15) is 11.4 Å². The van der Waals surface area contributed by atoms with Crippen LogP contribution in [-0.4, -0.2) is 29.3 Å². The molecule has 0 radical (unpaired) electrons. The van der Waals surface area contributed by atoms with Crippen LogP contribution in [0.15, 0.2) is 12.1 Å². The molecule has 2 amide bonds. The maximum absolute atomic E-state index is 13.8. The van der Waals surface area contributed by atoms with E-state index in [1.54, 1.807) is 0 Å². The predicted octanol–water partition coefficient (Wildman–Crippen LogP) is 0.491. The van der Waals surface area contributed by atoms with Crippen LogP contribution in [0.5, 0.6) is 0 Å². The van der Waals surface area contributed by atoms with Crippen molar-refractivity contribution in [3.63, 3.8) is 0 Å². The number of rotatable bonds is 3. The largest absolute Gasteiger partial charge is 0.354 e. The lowest BCUT2D eigenvalue weighted by atomic mass is 10.1. The first kappa shape index (κ1) is 13.8. The molecule has 1 heterocycles. The predicted molar refractivity (Wildman–Crippen MR) is 61.9 cm³/mol. The topological polar surface area (TPSA) is 101 Å². The SMILES string of the molecule is O=C1CC(NC(=O)c2c(F)ccc([N+](=O)[O-])c2F)CN1. The molecule has 0 spiro atoms. The molecule has 1 aromatic carbocycles. The number of hydrogen-bond acceptors (Lipinski definition) is 4. The minimum atomic E-state index is -1.54. The molecule has 0 bridgehead atoms. The van der Waals surface area contributed by atoms with Crippen LogP contribution in [0.4, 0.5) is 14.5 Å². The highest BCUT2D eigenvalue weighted by Crippen LogP contribution is 2.23. The fourth-order valence-corrected chi connectivity index (χ4v) is 1.86. The van der Waals surface area contributed by atoms with E-state index in [1.807, 2.05) is 0 Å². The van der Waals surface area contributed by atoms with E-state index in [4.69, 9.17) is 0 Å². The maximum Gasteiger partial charge on any atom is 0.305 e. The van der Waals surface area contributed by atoms with Crippen LogP contribution in [0.1, 0.15) is 16.8 Å². The second kappa shape index (κ2) is 5.19. The van der Waals surface area contributed by atoms with Gasteiger partial charge in [-0.1, -0.05) is 0 Å². The van der Waals surface area contributed by atoms with Crippen LogP contribution in [0.3, 0.4) is 0 Å². The third kappa shape index (κ3) is 2.56. The minimum absolute atomic E-state index is 0.0100. The van der Waals surface area contributed by atoms with Crippen molar-refractivity contribution >= 4 is 17.5 Å². The monoisotopic (exact) mass is 285 g/mol. The van der Waals surface area contributed by atoms with E-state index in [0.29, 0.717) is 12.1 Å². The van der Waals surface area contributed by atoms with Gasteiger partial charge in [0.15, 0.2) is 0 Å². The quantitative estimate of drug-likeness (QED) is 0.623. The highest BCUT2D eigenvalue weighted by atomic mass is 19.1. The van der Waals surface area contributed by atoms with Crippen LogP contribution in [0.2, 0.25) is 0 Å². The fraction of sp³-hybridized carbons (Fsp3) is 0.273. The summed E-state index contributed by atoms with van der Waals surface area (Å²) in [6.07, 6.45) is -0.0100. The summed E-state index contributed by atoms with van der Waals surface area (Å²) in [7, 11) is 0. The zero-order chi connectivity index (χ0) is 14.9. The van der Waals surface area contributed by atoms with Gasteiger partial charge in [0.05, 0.1) is 11.0 Å². The Bertz CT molecular complexity index is 606. The second-order valence-electron chi connectivity index (χ2n) is 4.19. The molecule has 2 rings (SSSR count). The van der Waals surface area contributed by atoms with Gasteiger partial charge >= 0.3 is 5.69 Å². The van der Waals surface area contributed by atoms with Gasteiger partial charge in [-0.3, -0.25) is 19.7 Å². The Balaban J connectivity index is 2.27. The minimum Gasteiger partial charge on any atom is -0.354 e. The molecule has 1 saturated heterocycles. The summed E-state index contributed by atoms with van der Waals surface area (Å²) in [6, 6.07) is 0.684. The first-order valence-electron chi connectivity index (χ1n) is 5.60. The smallest absolute Gasteiger partial charge is 0.305 e. The van der Waals surface area contributed by atoms with Gasteiger partial charge in [0, 0.05) is 19.0 Å². The van der Waals surface area contributed by atoms with E-state index >= 15 is 0 Å². The van der Waals surface area contributed by atoms with Gasteiger partial charge in [-0.15, -0.1) is 0 Å². The number of nitrogens with zero attached hydrogens (tertiary/aromatic N) is 1. The molecular weight excluding hydrogens is 276 g/mol. The first-order valence-corrected chi connectivity index (χ1v) is 5.60. The van der Waals surface area contributed by atoms with Crippen LogP contribution < -0.4 is 10.6 Å². The number of nitro benzene ring substituents is 1. The average molecular weight is 285 g/mol.